The summed E-state index contributed by atoms with van der Waals surface area (Å²) in [6.45, 7) is 5.68. The number of methoxy groups -OCH3 is 1. The van der Waals surface area contributed by atoms with Gasteiger partial charge in [-0.1, -0.05) is 20.8 Å². The first kappa shape index (κ1) is 17.4. The highest BCUT2D eigenvalue weighted by Crippen LogP contribution is 2.20. The van der Waals surface area contributed by atoms with Crippen LogP contribution in [0.4, 0.5) is 0 Å². The maximum Gasteiger partial charge on any atom is 0.328 e. The molecule has 2 amide bonds. The molecule has 0 saturated carbocycles. The smallest absolute Gasteiger partial charge is 0.328 e. The zero-order valence-corrected chi connectivity index (χ0v) is 13.0. The summed E-state index contributed by atoms with van der Waals surface area (Å²) in [6, 6.07) is -0.740. The molecule has 1 rings (SSSR count). The quantitative estimate of drug-likeness (QED) is 0.693. The average Bonchev–Trinajstić information content (AvgIpc) is 2.78. The van der Waals surface area contributed by atoms with Crippen LogP contribution in [-0.4, -0.2) is 60.1 Å². The molecule has 0 aromatic carbocycles. The number of nitrogens with one attached hydrogen (secondary N) is 1. The molecule has 1 saturated heterocycles. The minimum absolute atomic E-state index is 0.0854. The molecular weight excluding hydrogens is 276 g/mol. The van der Waals surface area contributed by atoms with Crippen LogP contribution in [0, 0.1) is 5.41 Å². The zero-order chi connectivity index (χ0) is 16.2. The van der Waals surface area contributed by atoms with E-state index >= 15 is 0 Å². The summed E-state index contributed by atoms with van der Waals surface area (Å²) in [6.07, 6.45) is -0.448. The molecule has 0 aromatic heterocycles. The van der Waals surface area contributed by atoms with Crippen molar-refractivity contribution in [2.24, 2.45) is 5.41 Å². The second-order valence-electron chi connectivity index (χ2n) is 6.23. The Kier molecular flexibility index (Phi) is 5.71. The fourth-order valence-electron chi connectivity index (χ4n) is 2.14. The summed E-state index contributed by atoms with van der Waals surface area (Å²) in [4.78, 5) is 36.7. The van der Waals surface area contributed by atoms with Crippen molar-refractivity contribution in [2.75, 3.05) is 20.2 Å². The van der Waals surface area contributed by atoms with Gasteiger partial charge in [0.05, 0.1) is 13.2 Å². The van der Waals surface area contributed by atoms with Gasteiger partial charge in [0.2, 0.25) is 11.8 Å². The van der Waals surface area contributed by atoms with Gasteiger partial charge >= 0.3 is 5.97 Å². The van der Waals surface area contributed by atoms with Crippen molar-refractivity contribution >= 4 is 17.8 Å². The molecule has 7 nitrogen and oxygen atoms in total. The Morgan fingerprint density at radius 1 is 1.33 bits per heavy atom. The monoisotopic (exact) mass is 300 g/mol. The molecule has 0 radical (unpaired) electrons. The lowest BCUT2D eigenvalue weighted by atomic mass is 9.96. The molecular formula is C14H24N2O5. The lowest BCUT2D eigenvalue weighted by Crippen LogP contribution is -2.43. The van der Waals surface area contributed by atoms with Crippen molar-refractivity contribution in [3.8, 4) is 0 Å². The Hall–Kier alpha value is -1.63. The third-order valence-corrected chi connectivity index (χ3v) is 3.38. The van der Waals surface area contributed by atoms with Crippen molar-refractivity contribution in [3.05, 3.63) is 0 Å². The number of rotatable bonds is 4. The van der Waals surface area contributed by atoms with E-state index in [9.17, 15) is 19.5 Å². The minimum atomic E-state index is -0.740. The standard InChI is InChI=1S/C14H24N2O5/c1-14(2,3)13(20)15-6-5-11(18)16-8-9(17)7-10(16)12(19)21-4/h9-10,17H,5-8H2,1-4H3,(H,15,20). The molecule has 2 unspecified atom stereocenters. The number of amides is 2. The minimum Gasteiger partial charge on any atom is -0.467 e. The number of esters is 1. The van der Waals surface area contributed by atoms with Gasteiger partial charge in [-0.2, -0.15) is 0 Å². The molecule has 120 valence electrons. The van der Waals surface area contributed by atoms with Crippen LogP contribution in [0.1, 0.15) is 33.6 Å². The van der Waals surface area contributed by atoms with Crippen molar-refractivity contribution in [3.63, 3.8) is 0 Å². The molecule has 7 heteroatoms. The Balaban J connectivity index is 2.51. The largest absolute Gasteiger partial charge is 0.467 e. The first-order valence-electron chi connectivity index (χ1n) is 7.00. The van der Waals surface area contributed by atoms with Crippen LogP contribution < -0.4 is 5.32 Å². The average molecular weight is 300 g/mol. The molecule has 2 N–H and O–H groups in total. The number of hydrogen-bond acceptors (Lipinski definition) is 5. The van der Waals surface area contributed by atoms with E-state index in [4.69, 9.17) is 0 Å². The maximum absolute atomic E-state index is 12.1. The van der Waals surface area contributed by atoms with Gasteiger partial charge in [-0.15, -0.1) is 0 Å². The van der Waals surface area contributed by atoms with E-state index in [-0.39, 0.29) is 37.7 Å². The highest BCUT2D eigenvalue weighted by Gasteiger charge is 2.39. The predicted octanol–water partition coefficient (Wildman–Crippen LogP) is -0.326. The number of aliphatic hydroxyl groups is 1. The van der Waals surface area contributed by atoms with Crippen LogP contribution in [0.5, 0.6) is 0 Å². The SMILES string of the molecule is COC(=O)C1CC(O)CN1C(=O)CCNC(=O)C(C)(C)C. The lowest BCUT2D eigenvalue weighted by molar-refractivity contribution is -0.151. The predicted molar refractivity (Wildman–Crippen MR) is 75.2 cm³/mol. The van der Waals surface area contributed by atoms with Crippen LogP contribution in [0.15, 0.2) is 0 Å². The lowest BCUT2D eigenvalue weighted by Gasteiger charge is -2.23. The van der Waals surface area contributed by atoms with Crippen LogP contribution in [0.2, 0.25) is 0 Å². The normalized spacial score (nSPS) is 22.0. The van der Waals surface area contributed by atoms with Gasteiger partial charge in [0.25, 0.3) is 0 Å². The zero-order valence-electron chi connectivity index (χ0n) is 13.0. The molecule has 1 aliphatic rings. The Labute approximate surface area is 124 Å². The summed E-state index contributed by atoms with van der Waals surface area (Å²) in [7, 11) is 1.25. The van der Waals surface area contributed by atoms with E-state index in [1.165, 1.54) is 12.0 Å². The van der Waals surface area contributed by atoms with Crippen LogP contribution in [0.3, 0.4) is 0 Å². The summed E-state index contributed by atoms with van der Waals surface area (Å²) in [5.41, 5.74) is -0.512. The number of nitrogens with zero attached hydrogens (tertiary/aromatic N) is 1. The van der Waals surface area contributed by atoms with E-state index < -0.39 is 23.5 Å². The second kappa shape index (κ2) is 6.89. The topological polar surface area (TPSA) is 95.9 Å². The van der Waals surface area contributed by atoms with Gasteiger partial charge in [0.1, 0.15) is 6.04 Å². The fourth-order valence-corrected chi connectivity index (χ4v) is 2.14. The number of hydrogen-bond donors (Lipinski definition) is 2. The number of carbonyl (C=O) groups excluding carboxylic acids is 3. The molecule has 0 aliphatic carbocycles. The van der Waals surface area contributed by atoms with E-state index in [0.29, 0.717) is 0 Å². The van der Waals surface area contributed by atoms with Gasteiger partial charge in [0, 0.05) is 31.3 Å². The summed E-state index contributed by atoms with van der Waals surface area (Å²) in [5, 5.41) is 12.3. The first-order valence-corrected chi connectivity index (χ1v) is 7.00. The summed E-state index contributed by atoms with van der Waals surface area (Å²) in [5.74, 6) is -0.948. The molecule has 1 aliphatic heterocycles. The Bertz CT molecular complexity index is 416. The van der Waals surface area contributed by atoms with Crippen LogP contribution in [0.25, 0.3) is 0 Å². The number of aliphatic hydroxyl groups excluding tert-OH is 1. The number of β-amino-alcohol motifs (C(OH)–C–C–N with tert-alkyl or cyclic N) is 1. The van der Waals surface area contributed by atoms with Crippen LogP contribution in [-0.2, 0) is 19.1 Å². The van der Waals surface area contributed by atoms with Gasteiger partial charge in [0.15, 0.2) is 0 Å². The Morgan fingerprint density at radius 2 is 1.95 bits per heavy atom. The summed E-state index contributed by atoms with van der Waals surface area (Å²) >= 11 is 0. The number of carbonyl (C=O) groups is 3. The molecule has 0 spiro atoms. The molecule has 1 fully saturated rings. The third kappa shape index (κ3) is 4.70. The molecule has 2 atom stereocenters. The van der Waals surface area contributed by atoms with Crippen molar-refractivity contribution in [1.29, 1.82) is 0 Å². The van der Waals surface area contributed by atoms with E-state index in [1.54, 1.807) is 20.8 Å². The molecule has 0 aromatic rings. The molecule has 1 heterocycles. The number of likely N-dealkylation sites (tertiary alicyclic amines) is 1. The first-order chi connectivity index (χ1) is 9.66. The second-order valence-corrected chi connectivity index (χ2v) is 6.23. The third-order valence-electron chi connectivity index (χ3n) is 3.38. The molecule has 21 heavy (non-hydrogen) atoms. The van der Waals surface area contributed by atoms with Crippen molar-refractivity contribution in [2.45, 2.75) is 45.8 Å². The fraction of sp³-hybridized carbons (Fsp3) is 0.786. The van der Waals surface area contributed by atoms with Crippen LogP contribution >= 0.6 is 0 Å². The van der Waals surface area contributed by atoms with Crippen molar-refractivity contribution < 1.29 is 24.2 Å². The Morgan fingerprint density at radius 3 is 2.48 bits per heavy atom. The van der Waals surface area contributed by atoms with E-state index in [1.807, 2.05) is 0 Å². The highest BCUT2D eigenvalue weighted by atomic mass is 16.5. The van der Waals surface area contributed by atoms with Crippen molar-refractivity contribution in [1.82, 2.24) is 10.2 Å². The van der Waals surface area contributed by atoms with Gasteiger partial charge in [-0.3, -0.25) is 9.59 Å². The van der Waals surface area contributed by atoms with Gasteiger partial charge in [-0.05, 0) is 0 Å². The number of ether oxygens (including phenoxy) is 1. The highest BCUT2D eigenvalue weighted by molar-refractivity contribution is 5.86. The summed E-state index contributed by atoms with van der Waals surface area (Å²) < 4.78 is 4.64. The van der Waals surface area contributed by atoms with Gasteiger partial charge in [-0.25, -0.2) is 4.79 Å². The van der Waals surface area contributed by atoms with E-state index in [0.717, 1.165) is 0 Å². The maximum atomic E-state index is 12.1. The van der Waals surface area contributed by atoms with Gasteiger partial charge < -0.3 is 20.1 Å². The van der Waals surface area contributed by atoms with E-state index in [2.05, 4.69) is 10.1 Å². The molecule has 0 bridgehead atoms.